The summed E-state index contributed by atoms with van der Waals surface area (Å²) in [5.74, 6) is 0.597. The third-order valence-electron chi connectivity index (χ3n) is 5.29. The number of fused-ring (bicyclic) bond motifs is 1. The number of aromatic nitrogens is 1. The van der Waals surface area contributed by atoms with Gasteiger partial charge in [-0.15, -0.1) is 0 Å². The van der Waals surface area contributed by atoms with Gasteiger partial charge in [0.1, 0.15) is 23.2 Å². The van der Waals surface area contributed by atoms with Crippen molar-refractivity contribution in [1.82, 2.24) is 14.8 Å². The van der Waals surface area contributed by atoms with Crippen LogP contribution >= 0.6 is 15.9 Å². The average molecular weight is 514 g/mol. The molecule has 4 rings (SSSR count). The molecule has 8 nitrogen and oxygen atoms in total. The Bertz CT molecular complexity index is 1310. The van der Waals surface area contributed by atoms with E-state index in [-0.39, 0.29) is 11.0 Å². The second kappa shape index (κ2) is 9.78. The zero-order valence-electron chi connectivity index (χ0n) is 18.2. The van der Waals surface area contributed by atoms with Gasteiger partial charge >= 0.3 is 0 Å². The number of hydrogen-bond donors (Lipinski definition) is 2. The Morgan fingerprint density at radius 1 is 1.27 bits per heavy atom. The molecule has 0 aliphatic rings. The highest BCUT2D eigenvalue weighted by atomic mass is 79.9. The summed E-state index contributed by atoms with van der Waals surface area (Å²) in [6.07, 6.45) is 2.22. The monoisotopic (exact) mass is 513 g/mol. The molecule has 2 N–H and O–H groups in total. The van der Waals surface area contributed by atoms with Crippen LogP contribution in [0.5, 0.6) is 0 Å². The second-order valence-corrected chi connectivity index (χ2v) is 8.87. The van der Waals surface area contributed by atoms with E-state index in [9.17, 15) is 14.7 Å². The largest absolute Gasteiger partial charge is 0.467 e. The number of halogens is 1. The van der Waals surface area contributed by atoms with E-state index in [1.807, 2.05) is 36.2 Å². The maximum atomic E-state index is 13.0. The SMILES string of the molecule is CN(Cc1cc2c(=O)c(C(=O)NCc3ccc(Br)cc3)cn(C)c2o1)C[C@@H](O)c1ccco1. The lowest BCUT2D eigenvalue weighted by atomic mass is 10.2. The highest BCUT2D eigenvalue weighted by Crippen LogP contribution is 2.20. The second-order valence-electron chi connectivity index (χ2n) is 7.95. The Kier molecular flexibility index (Phi) is 6.83. The standard InChI is InChI=1S/C24H24BrN3O5/c1-27(14-20(29)21-4-3-9-32-21)12-17-10-18-22(30)19(13-28(2)24(18)33-17)23(31)26-11-15-5-7-16(25)8-6-15/h3-10,13,20,29H,11-12,14H2,1-2H3,(H,26,31)/t20-/m1/s1. The molecular weight excluding hydrogens is 490 g/mol. The molecule has 0 fully saturated rings. The van der Waals surface area contributed by atoms with Crippen molar-refractivity contribution in [3.05, 3.63) is 92.3 Å². The Balaban J connectivity index is 1.49. The Morgan fingerprint density at radius 2 is 2.03 bits per heavy atom. The fourth-order valence-electron chi connectivity index (χ4n) is 3.63. The summed E-state index contributed by atoms with van der Waals surface area (Å²) in [6, 6.07) is 12.7. The minimum Gasteiger partial charge on any atom is -0.467 e. The lowest BCUT2D eigenvalue weighted by molar-refractivity contribution is 0.0949. The molecule has 4 aromatic rings. The number of carbonyl (C=O) groups is 1. The molecule has 0 saturated heterocycles. The van der Waals surface area contributed by atoms with E-state index in [1.165, 1.54) is 12.5 Å². The van der Waals surface area contributed by atoms with E-state index in [1.54, 1.807) is 29.8 Å². The Morgan fingerprint density at radius 3 is 2.73 bits per heavy atom. The predicted molar refractivity (Wildman–Crippen MR) is 127 cm³/mol. The summed E-state index contributed by atoms with van der Waals surface area (Å²) in [5, 5.41) is 13.4. The maximum Gasteiger partial charge on any atom is 0.257 e. The van der Waals surface area contributed by atoms with E-state index in [4.69, 9.17) is 8.83 Å². The number of carbonyl (C=O) groups excluding carboxylic acids is 1. The molecule has 0 aliphatic heterocycles. The predicted octanol–water partition coefficient (Wildman–Crippen LogP) is 3.58. The number of hydrogen-bond acceptors (Lipinski definition) is 6. The number of pyridine rings is 1. The summed E-state index contributed by atoms with van der Waals surface area (Å²) in [6.45, 7) is 1.01. The van der Waals surface area contributed by atoms with Crippen molar-refractivity contribution in [2.24, 2.45) is 7.05 Å². The summed E-state index contributed by atoms with van der Waals surface area (Å²) < 4.78 is 13.7. The molecule has 0 saturated carbocycles. The van der Waals surface area contributed by atoms with Gasteiger partial charge in [-0.25, -0.2) is 0 Å². The lowest BCUT2D eigenvalue weighted by Crippen LogP contribution is -2.29. The Labute approximate surface area is 198 Å². The molecule has 0 unspecified atom stereocenters. The fraction of sp³-hybridized carbons (Fsp3) is 0.250. The summed E-state index contributed by atoms with van der Waals surface area (Å²) >= 11 is 3.38. The number of likely N-dealkylation sites (N-methyl/N-ethyl adjacent to an activating group) is 1. The van der Waals surface area contributed by atoms with Gasteiger partial charge in [0, 0.05) is 30.8 Å². The fourth-order valence-corrected chi connectivity index (χ4v) is 3.89. The minimum atomic E-state index is -0.776. The number of benzene rings is 1. The van der Waals surface area contributed by atoms with Crippen molar-refractivity contribution >= 4 is 32.9 Å². The van der Waals surface area contributed by atoms with Crippen molar-refractivity contribution in [3.63, 3.8) is 0 Å². The molecule has 172 valence electrons. The first-order valence-electron chi connectivity index (χ1n) is 10.4. The number of rotatable bonds is 8. The maximum absolute atomic E-state index is 13.0. The van der Waals surface area contributed by atoms with Crippen molar-refractivity contribution in [2.45, 2.75) is 19.2 Å². The van der Waals surface area contributed by atoms with Crippen LogP contribution in [0.2, 0.25) is 0 Å². The van der Waals surface area contributed by atoms with Crippen molar-refractivity contribution in [1.29, 1.82) is 0 Å². The molecule has 0 aliphatic carbocycles. The van der Waals surface area contributed by atoms with Crippen LogP contribution in [0.25, 0.3) is 11.1 Å². The lowest BCUT2D eigenvalue weighted by Gasteiger charge is -2.18. The zero-order chi connectivity index (χ0) is 23.5. The normalized spacial score (nSPS) is 12.4. The van der Waals surface area contributed by atoms with Crippen molar-refractivity contribution < 1.29 is 18.7 Å². The first-order valence-corrected chi connectivity index (χ1v) is 11.2. The highest BCUT2D eigenvalue weighted by Gasteiger charge is 2.19. The number of furan rings is 2. The van der Waals surface area contributed by atoms with Crippen LogP contribution in [0.15, 0.2) is 73.0 Å². The van der Waals surface area contributed by atoms with Crippen LogP contribution in [0, 0.1) is 0 Å². The molecule has 1 aromatic carbocycles. The summed E-state index contributed by atoms with van der Waals surface area (Å²) in [7, 11) is 3.56. The van der Waals surface area contributed by atoms with Gasteiger partial charge in [0.25, 0.3) is 5.91 Å². The first-order chi connectivity index (χ1) is 15.8. The number of aliphatic hydroxyl groups is 1. The topological polar surface area (TPSA) is 101 Å². The third-order valence-corrected chi connectivity index (χ3v) is 5.82. The zero-order valence-corrected chi connectivity index (χ0v) is 19.8. The number of aliphatic hydroxyl groups excluding tert-OH is 1. The number of nitrogens with one attached hydrogen (secondary N) is 1. The van der Waals surface area contributed by atoms with E-state index in [0.717, 1.165) is 10.0 Å². The molecule has 1 atom stereocenters. The number of amides is 1. The van der Waals surface area contributed by atoms with E-state index in [0.29, 0.717) is 42.3 Å². The highest BCUT2D eigenvalue weighted by molar-refractivity contribution is 9.10. The smallest absolute Gasteiger partial charge is 0.257 e. The summed E-state index contributed by atoms with van der Waals surface area (Å²) in [4.78, 5) is 27.6. The molecule has 9 heteroatoms. The van der Waals surface area contributed by atoms with Gasteiger partial charge in [-0.3, -0.25) is 14.5 Å². The average Bonchev–Trinajstić information content (AvgIpc) is 3.46. The van der Waals surface area contributed by atoms with Crippen molar-refractivity contribution in [3.8, 4) is 0 Å². The molecule has 1 amide bonds. The van der Waals surface area contributed by atoms with Crippen LogP contribution in [0.4, 0.5) is 0 Å². The van der Waals surface area contributed by atoms with Gasteiger partial charge in [0.2, 0.25) is 11.1 Å². The third kappa shape index (κ3) is 5.27. The van der Waals surface area contributed by atoms with E-state index >= 15 is 0 Å². The molecular formula is C24H24BrN3O5. The van der Waals surface area contributed by atoms with Gasteiger partial charge in [-0.05, 0) is 42.9 Å². The van der Waals surface area contributed by atoms with Crippen LogP contribution in [-0.4, -0.2) is 34.1 Å². The molecule has 0 radical (unpaired) electrons. The molecule has 0 spiro atoms. The minimum absolute atomic E-state index is 0.0519. The van der Waals surface area contributed by atoms with Gasteiger partial charge in [-0.1, -0.05) is 28.1 Å². The van der Waals surface area contributed by atoms with E-state index < -0.39 is 12.0 Å². The molecule has 0 bridgehead atoms. The quantitative estimate of drug-likeness (QED) is 0.373. The van der Waals surface area contributed by atoms with Crippen LogP contribution in [-0.2, 0) is 20.1 Å². The summed E-state index contributed by atoms with van der Waals surface area (Å²) in [5.41, 5.74) is 0.981. The number of aryl methyl sites for hydroxylation is 1. The van der Waals surface area contributed by atoms with E-state index in [2.05, 4.69) is 21.2 Å². The van der Waals surface area contributed by atoms with Gasteiger partial charge in [0.15, 0.2) is 0 Å². The molecule has 33 heavy (non-hydrogen) atoms. The van der Waals surface area contributed by atoms with Gasteiger partial charge < -0.3 is 23.8 Å². The van der Waals surface area contributed by atoms with Gasteiger partial charge in [0.05, 0.1) is 18.2 Å². The van der Waals surface area contributed by atoms with Crippen LogP contribution in [0.1, 0.15) is 33.5 Å². The molecule has 3 aromatic heterocycles. The first kappa shape index (κ1) is 23.0. The Hall–Kier alpha value is -3.14. The van der Waals surface area contributed by atoms with Crippen molar-refractivity contribution in [2.75, 3.05) is 13.6 Å². The van der Waals surface area contributed by atoms with Crippen LogP contribution < -0.4 is 10.7 Å². The van der Waals surface area contributed by atoms with Gasteiger partial charge in [-0.2, -0.15) is 0 Å². The molecule has 3 heterocycles. The van der Waals surface area contributed by atoms with Crippen LogP contribution in [0.3, 0.4) is 0 Å². The number of nitrogens with zero attached hydrogens (tertiary/aromatic N) is 2.